The lowest BCUT2D eigenvalue weighted by atomic mass is 10.3. The fourth-order valence-electron chi connectivity index (χ4n) is 1.87. The minimum atomic E-state index is 0.571. The van der Waals surface area contributed by atoms with E-state index in [0.29, 0.717) is 4.58 Å². The quantitative estimate of drug-likeness (QED) is 0.757. The Morgan fingerprint density at radius 1 is 1.40 bits per heavy atom. The molecule has 1 aliphatic rings. The normalized spacial score (nSPS) is 17.7. The summed E-state index contributed by atoms with van der Waals surface area (Å²) in [7, 11) is 0. The number of nitrogens with zero attached hydrogens (tertiary/aromatic N) is 2. The summed E-state index contributed by atoms with van der Waals surface area (Å²) in [6, 6.07) is 4.21. The number of thioether (sulfide) groups is 2. The van der Waals surface area contributed by atoms with E-state index in [2.05, 4.69) is 34.6 Å². The molecule has 3 rings (SSSR count). The van der Waals surface area contributed by atoms with Gasteiger partial charge >= 0.3 is 0 Å². The van der Waals surface area contributed by atoms with Crippen LogP contribution < -0.4 is 0 Å². The first kappa shape index (κ1) is 9.60. The van der Waals surface area contributed by atoms with E-state index in [1.165, 1.54) is 22.8 Å². The SMILES string of the molecule is Cc1cccn2c(C3SCCS3)cnc12. The zero-order valence-electron chi connectivity index (χ0n) is 8.51. The minimum Gasteiger partial charge on any atom is -0.302 e. The molecule has 0 aliphatic carbocycles. The van der Waals surface area contributed by atoms with E-state index in [1.807, 2.05) is 29.7 Å². The second-order valence-electron chi connectivity index (χ2n) is 3.64. The summed E-state index contributed by atoms with van der Waals surface area (Å²) in [5, 5.41) is 0. The molecule has 1 fully saturated rings. The van der Waals surface area contributed by atoms with Gasteiger partial charge in [0.25, 0.3) is 0 Å². The lowest BCUT2D eigenvalue weighted by Gasteiger charge is -2.07. The number of imidazole rings is 1. The zero-order chi connectivity index (χ0) is 10.3. The van der Waals surface area contributed by atoms with E-state index in [9.17, 15) is 0 Å². The molecule has 3 heterocycles. The smallest absolute Gasteiger partial charge is 0.139 e. The van der Waals surface area contributed by atoms with Gasteiger partial charge in [-0.25, -0.2) is 4.98 Å². The van der Waals surface area contributed by atoms with Crippen molar-refractivity contribution in [2.75, 3.05) is 11.5 Å². The molecule has 0 N–H and O–H groups in total. The Bertz CT molecular complexity index is 486. The summed E-state index contributed by atoms with van der Waals surface area (Å²) in [5.41, 5.74) is 3.68. The first-order chi connectivity index (χ1) is 7.36. The molecule has 0 unspecified atom stereocenters. The van der Waals surface area contributed by atoms with Crippen LogP contribution in [0, 0.1) is 6.92 Å². The van der Waals surface area contributed by atoms with Crippen LogP contribution in [0.15, 0.2) is 24.5 Å². The molecule has 4 heteroatoms. The number of hydrogen-bond donors (Lipinski definition) is 0. The lowest BCUT2D eigenvalue weighted by molar-refractivity contribution is 1.08. The van der Waals surface area contributed by atoms with Gasteiger partial charge in [0.15, 0.2) is 0 Å². The van der Waals surface area contributed by atoms with E-state index in [1.54, 1.807) is 0 Å². The molecule has 2 aromatic heterocycles. The second kappa shape index (κ2) is 3.76. The highest BCUT2D eigenvalue weighted by Crippen LogP contribution is 2.45. The van der Waals surface area contributed by atoms with Crippen molar-refractivity contribution in [1.82, 2.24) is 9.38 Å². The monoisotopic (exact) mass is 236 g/mol. The summed E-state index contributed by atoms with van der Waals surface area (Å²) in [4.78, 5) is 4.50. The van der Waals surface area contributed by atoms with Gasteiger partial charge in [-0.1, -0.05) is 6.07 Å². The molecule has 15 heavy (non-hydrogen) atoms. The third-order valence-corrected chi connectivity index (χ3v) is 5.67. The van der Waals surface area contributed by atoms with Crippen LogP contribution in [0.25, 0.3) is 5.65 Å². The number of hydrogen-bond acceptors (Lipinski definition) is 3. The number of aromatic nitrogens is 2. The van der Waals surface area contributed by atoms with E-state index in [0.717, 1.165) is 5.65 Å². The third-order valence-electron chi connectivity index (χ3n) is 2.62. The lowest BCUT2D eigenvalue weighted by Crippen LogP contribution is -1.93. The molecule has 2 nitrogen and oxygen atoms in total. The van der Waals surface area contributed by atoms with Gasteiger partial charge in [-0.3, -0.25) is 0 Å². The average molecular weight is 236 g/mol. The summed E-state index contributed by atoms with van der Waals surface area (Å²) < 4.78 is 2.80. The Morgan fingerprint density at radius 2 is 2.20 bits per heavy atom. The van der Waals surface area contributed by atoms with Crippen molar-refractivity contribution in [1.29, 1.82) is 0 Å². The van der Waals surface area contributed by atoms with Gasteiger partial charge in [0.05, 0.1) is 16.5 Å². The van der Waals surface area contributed by atoms with Gasteiger partial charge in [0.1, 0.15) is 5.65 Å². The topological polar surface area (TPSA) is 17.3 Å². The van der Waals surface area contributed by atoms with Gasteiger partial charge in [-0.15, -0.1) is 23.5 Å². The summed E-state index contributed by atoms with van der Waals surface area (Å²) >= 11 is 4.05. The standard InChI is InChI=1S/C11H12N2S2/c1-8-3-2-4-13-9(7-12-10(8)13)11-14-5-6-15-11/h2-4,7,11H,5-6H2,1H3. The van der Waals surface area contributed by atoms with Crippen molar-refractivity contribution >= 4 is 29.2 Å². The maximum atomic E-state index is 4.50. The molecule has 0 spiro atoms. The van der Waals surface area contributed by atoms with Crippen LogP contribution in [0.1, 0.15) is 15.8 Å². The first-order valence-corrected chi connectivity index (χ1v) is 7.12. The molecule has 0 radical (unpaired) electrons. The molecule has 1 saturated heterocycles. The van der Waals surface area contributed by atoms with E-state index < -0.39 is 0 Å². The van der Waals surface area contributed by atoms with Crippen LogP contribution in [0.4, 0.5) is 0 Å². The molecule has 1 aliphatic heterocycles. The fourth-order valence-corrected chi connectivity index (χ4v) is 4.72. The van der Waals surface area contributed by atoms with E-state index >= 15 is 0 Å². The highest BCUT2D eigenvalue weighted by Gasteiger charge is 2.21. The minimum absolute atomic E-state index is 0.571. The Labute approximate surface area is 97.5 Å². The Morgan fingerprint density at radius 3 is 3.00 bits per heavy atom. The van der Waals surface area contributed by atoms with Crippen LogP contribution in [-0.2, 0) is 0 Å². The molecule has 2 aromatic rings. The first-order valence-electron chi connectivity index (χ1n) is 5.02. The number of fused-ring (bicyclic) bond motifs is 1. The summed E-state index contributed by atoms with van der Waals surface area (Å²) in [6.07, 6.45) is 4.14. The molecular weight excluding hydrogens is 224 g/mol. The van der Waals surface area contributed by atoms with Crippen molar-refractivity contribution in [3.8, 4) is 0 Å². The molecule has 0 saturated carbocycles. The molecule has 0 atom stereocenters. The third kappa shape index (κ3) is 1.56. The molecule has 0 bridgehead atoms. The Balaban J connectivity index is 2.15. The van der Waals surface area contributed by atoms with Crippen LogP contribution >= 0.6 is 23.5 Å². The predicted octanol–water partition coefficient (Wildman–Crippen LogP) is 3.12. The van der Waals surface area contributed by atoms with Crippen molar-refractivity contribution < 1.29 is 0 Å². The average Bonchev–Trinajstić information content (AvgIpc) is 2.85. The Hall–Kier alpha value is -0.610. The Kier molecular flexibility index (Phi) is 2.41. The predicted molar refractivity (Wildman–Crippen MR) is 67.6 cm³/mol. The number of pyridine rings is 1. The van der Waals surface area contributed by atoms with Crippen molar-refractivity contribution in [3.63, 3.8) is 0 Å². The van der Waals surface area contributed by atoms with Crippen molar-refractivity contribution in [2.24, 2.45) is 0 Å². The summed E-state index contributed by atoms with van der Waals surface area (Å²) in [6.45, 7) is 2.11. The highest BCUT2D eigenvalue weighted by molar-refractivity contribution is 8.19. The number of rotatable bonds is 1. The van der Waals surface area contributed by atoms with Crippen molar-refractivity contribution in [2.45, 2.75) is 11.5 Å². The second-order valence-corrected chi connectivity index (χ2v) is 6.37. The zero-order valence-corrected chi connectivity index (χ0v) is 10.1. The fraction of sp³-hybridized carbons (Fsp3) is 0.364. The molecule has 0 aromatic carbocycles. The van der Waals surface area contributed by atoms with E-state index in [4.69, 9.17) is 0 Å². The summed E-state index contributed by atoms with van der Waals surface area (Å²) in [5.74, 6) is 2.52. The van der Waals surface area contributed by atoms with Gasteiger partial charge in [-0.05, 0) is 18.6 Å². The van der Waals surface area contributed by atoms with Crippen LogP contribution in [0.3, 0.4) is 0 Å². The van der Waals surface area contributed by atoms with Gasteiger partial charge in [0, 0.05) is 17.7 Å². The maximum Gasteiger partial charge on any atom is 0.139 e. The maximum absolute atomic E-state index is 4.50. The van der Waals surface area contributed by atoms with Crippen LogP contribution in [0.2, 0.25) is 0 Å². The molecule has 78 valence electrons. The highest BCUT2D eigenvalue weighted by atomic mass is 32.2. The molecule has 0 amide bonds. The van der Waals surface area contributed by atoms with E-state index in [-0.39, 0.29) is 0 Å². The van der Waals surface area contributed by atoms with Gasteiger partial charge < -0.3 is 4.40 Å². The van der Waals surface area contributed by atoms with Crippen LogP contribution in [0.5, 0.6) is 0 Å². The number of aryl methyl sites for hydroxylation is 1. The molecular formula is C11H12N2S2. The van der Waals surface area contributed by atoms with Gasteiger partial charge in [0.2, 0.25) is 0 Å². The largest absolute Gasteiger partial charge is 0.302 e. The van der Waals surface area contributed by atoms with Gasteiger partial charge in [-0.2, -0.15) is 0 Å². The van der Waals surface area contributed by atoms with Crippen molar-refractivity contribution in [3.05, 3.63) is 35.8 Å². The van der Waals surface area contributed by atoms with Crippen LogP contribution in [-0.4, -0.2) is 20.9 Å².